The third kappa shape index (κ3) is 2.41. The van der Waals surface area contributed by atoms with Crippen molar-refractivity contribution in [2.45, 2.75) is 19.3 Å². The summed E-state index contributed by atoms with van der Waals surface area (Å²) in [7, 11) is 1.85. The molecule has 5 heteroatoms. The number of nitrogens with one attached hydrogen (secondary N) is 1. The molecule has 0 bridgehead atoms. The van der Waals surface area contributed by atoms with Gasteiger partial charge in [0.2, 0.25) is 0 Å². The molecule has 1 saturated carbocycles. The Morgan fingerprint density at radius 2 is 2.44 bits per heavy atom. The van der Waals surface area contributed by atoms with Crippen LogP contribution in [0.2, 0.25) is 0 Å². The molecule has 5 nitrogen and oxygen atoms in total. The van der Waals surface area contributed by atoms with Gasteiger partial charge in [-0.05, 0) is 31.2 Å². The van der Waals surface area contributed by atoms with Gasteiger partial charge in [0.15, 0.2) is 0 Å². The smallest absolute Gasteiger partial charge is 0.271 e. The maximum absolute atomic E-state index is 11.7. The quantitative estimate of drug-likeness (QED) is 0.751. The summed E-state index contributed by atoms with van der Waals surface area (Å²) in [6, 6.07) is 0. The third-order valence-electron chi connectivity index (χ3n) is 3.19. The highest BCUT2D eigenvalue weighted by Gasteiger charge is 2.41. The first-order valence-corrected chi connectivity index (χ1v) is 5.61. The summed E-state index contributed by atoms with van der Waals surface area (Å²) in [6.07, 6.45) is 6.69. The van der Waals surface area contributed by atoms with Gasteiger partial charge in [0.1, 0.15) is 5.69 Å². The molecule has 0 aromatic carbocycles. The molecule has 1 aliphatic carbocycles. The molecule has 16 heavy (non-hydrogen) atoms. The van der Waals surface area contributed by atoms with E-state index in [1.54, 1.807) is 17.1 Å². The number of imidazole rings is 1. The first-order chi connectivity index (χ1) is 7.65. The molecule has 88 valence electrons. The number of nitrogens with two attached hydrogens (primary N) is 1. The first-order valence-electron chi connectivity index (χ1n) is 5.61. The lowest BCUT2D eigenvalue weighted by Gasteiger charge is -2.13. The Balaban J connectivity index is 1.84. The summed E-state index contributed by atoms with van der Waals surface area (Å²) < 4.78 is 1.77. The summed E-state index contributed by atoms with van der Waals surface area (Å²) in [5.41, 5.74) is 6.30. The number of nitrogens with zero attached hydrogens (tertiary/aromatic N) is 2. The van der Waals surface area contributed by atoms with Crippen molar-refractivity contribution < 1.29 is 4.79 Å². The summed E-state index contributed by atoms with van der Waals surface area (Å²) in [4.78, 5) is 15.7. The summed E-state index contributed by atoms with van der Waals surface area (Å²) in [5.74, 6) is -0.0936. The molecule has 2 rings (SSSR count). The Labute approximate surface area is 95.0 Å². The van der Waals surface area contributed by atoms with Crippen LogP contribution in [0.1, 0.15) is 29.8 Å². The van der Waals surface area contributed by atoms with Crippen LogP contribution in [0.3, 0.4) is 0 Å². The van der Waals surface area contributed by atoms with Gasteiger partial charge >= 0.3 is 0 Å². The molecule has 1 aromatic heterocycles. The molecule has 1 fully saturated rings. The Hall–Kier alpha value is -1.36. The van der Waals surface area contributed by atoms with E-state index in [9.17, 15) is 4.79 Å². The van der Waals surface area contributed by atoms with Crippen LogP contribution in [0.4, 0.5) is 0 Å². The van der Waals surface area contributed by atoms with Crippen molar-refractivity contribution in [3.8, 4) is 0 Å². The molecule has 0 spiro atoms. The van der Waals surface area contributed by atoms with E-state index in [0.29, 0.717) is 12.2 Å². The molecule has 0 atom stereocenters. The van der Waals surface area contributed by atoms with E-state index >= 15 is 0 Å². The van der Waals surface area contributed by atoms with Gasteiger partial charge in [-0.15, -0.1) is 0 Å². The minimum atomic E-state index is -0.0936. The fraction of sp³-hybridized carbons (Fsp3) is 0.636. The first kappa shape index (κ1) is 11.1. The average Bonchev–Trinajstić information content (AvgIpc) is 2.89. The molecule has 0 saturated heterocycles. The second kappa shape index (κ2) is 4.25. The van der Waals surface area contributed by atoms with Gasteiger partial charge in [-0.1, -0.05) is 0 Å². The molecule has 1 aliphatic rings. The molecule has 0 radical (unpaired) electrons. The van der Waals surface area contributed by atoms with Crippen molar-refractivity contribution in [3.05, 3.63) is 18.2 Å². The minimum Gasteiger partial charge on any atom is -0.350 e. The summed E-state index contributed by atoms with van der Waals surface area (Å²) in [6.45, 7) is 1.42. The number of hydrogen-bond acceptors (Lipinski definition) is 3. The van der Waals surface area contributed by atoms with Gasteiger partial charge in [-0.25, -0.2) is 4.98 Å². The lowest BCUT2D eigenvalue weighted by molar-refractivity contribution is 0.0939. The molecule has 1 amide bonds. The van der Waals surface area contributed by atoms with E-state index in [1.807, 2.05) is 7.05 Å². The van der Waals surface area contributed by atoms with E-state index in [0.717, 1.165) is 13.0 Å². The van der Waals surface area contributed by atoms with Crippen molar-refractivity contribution in [1.29, 1.82) is 0 Å². The molecule has 1 heterocycles. The average molecular weight is 222 g/mol. The number of aromatic nitrogens is 2. The molecule has 3 N–H and O–H groups in total. The van der Waals surface area contributed by atoms with E-state index in [-0.39, 0.29) is 11.3 Å². The maximum Gasteiger partial charge on any atom is 0.271 e. The molecule has 0 aliphatic heterocycles. The van der Waals surface area contributed by atoms with Gasteiger partial charge in [-0.3, -0.25) is 4.79 Å². The summed E-state index contributed by atoms with van der Waals surface area (Å²) in [5, 5.41) is 2.93. The van der Waals surface area contributed by atoms with Crippen LogP contribution in [0.5, 0.6) is 0 Å². The standard InChI is InChI=1S/C11H18N4O/c1-15-6-9(14-8-15)10(16)13-7-11(2-3-11)4-5-12/h6,8H,2-5,7,12H2,1H3,(H,13,16). The predicted octanol–water partition coefficient (Wildman–Crippen LogP) is 0.279. The number of aryl methyl sites for hydroxylation is 1. The Kier molecular flexibility index (Phi) is 2.96. The number of carbonyl (C=O) groups is 1. The van der Waals surface area contributed by atoms with Crippen LogP contribution in [0, 0.1) is 5.41 Å². The zero-order valence-corrected chi connectivity index (χ0v) is 9.57. The van der Waals surface area contributed by atoms with Gasteiger partial charge in [0.05, 0.1) is 6.33 Å². The second-order valence-electron chi connectivity index (χ2n) is 4.65. The largest absolute Gasteiger partial charge is 0.350 e. The van der Waals surface area contributed by atoms with Crippen molar-refractivity contribution in [1.82, 2.24) is 14.9 Å². The highest BCUT2D eigenvalue weighted by Crippen LogP contribution is 2.47. The zero-order chi connectivity index (χ0) is 11.6. The van der Waals surface area contributed by atoms with E-state index < -0.39 is 0 Å². The van der Waals surface area contributed by atoms with E-state index in [4.69, 9.17) is 5.73 Å². The fourth-order valence-electron chi connectivity index (χ4n) is 1.89. The van der Waals surface area contributed by atoms with Crippen LogP contribution in [0.15, 0.2) is 12.5 Å². The lowest BCUT2D eigenvalue weighted by Crippen LogP contribution is -2.31. The second-order valence-corrected chi connectivity index (χ2v) is 4.65. The van der Waals surface area contributed by atoms with Gasteiger partial charge in [0.25, 0.3) is 5.91 Å². The number of amides is 1. The van der Waals surface area contributed by atoms with Crippen molar-refractivity contribution in [2.75, 3.05) is 13.1 Å². The van der Waals surface area contributed by atoms with Crippen LogP contribution < -0.4 is 11.1 Å². The summed E-state index contributed by atoms with van der Waals surface area (Å²) >= 11 is 0. The zero-order valence-electron chi connectivity index (χ0n) is 9.57. The van der Waals surface area contributed by atoms with E-state index in [2.05, 4.69) is 10.3 Å². The number of hydrogen-bond donors (Lipinski definition) is 2. The SMILES string of the molecule is Cn1cnc(C(=O)NCC2(CCN)CC2)c1. The highest BCUT2D eigenvalue weighted by molar-refractivity contribution is 5.92. The van der Waals surface area contributed by atoms with Crippen molar-refractivity contribution in [3.63, 3.8) is 0 Å². The van der Waals surface area contributed by atoms with Crippen LogP contribution in [-0.2, 0) is 7.05 Å². The minimum absolute atomic E-state index is 0.0936. The number of carbonyl (C=O) groups excluding carboxylic acids is 1. The Bertz CT molecular complexity index is 381. The van der Waals surface area contributed by atoms with Crippen LogP contribution >= 0.6 is 0 Å². The van der Waals surface area contributed by atoms with Crippen LogP contribution in [0.25, 0.3) is 0 Å². The third-order valence-corrected chi connectivity index (χ3v) is 3.19. The molecule has 1 aromatic rings. The van der Waals surface area contributed by atoms with Gasteiger partial charge in [-0.2, -0.15) is 0 Å². The van der Waals surface area contributed by atoms with Gasteiger partial charge in [0, 0.05) is 19.8 Å². The topological polar surface area (TPSA) is 72.9 Å². The van der Waals surface area contributed by atoms with Crippen LogP contribution in [-0.4, -0.2) is 28.5 Å². The van der Waals surface area contributed by atoms with Crippen molar-refractivity contribution >= 4 is 5.91 Å². The molecular weight excluding hydrogens is 204 g/mol. The fourth-order valence-corrected chi connectivity index (χ4v) is 1.89. The Morgan fingerprint density at radius 3 is 2.94 bits per heavy atom. The normalized spacial score (nSPS) is 17.1. The van der Waals surface area contributed by atoms with Crippen molar-refractivity contribution in [2.24, 2.45) is 18.2 Å². The highest BCUT2D eigenvalue weighted by atomic mass is 16.1. The lowest BCUT2D eigenvalue weighted by atomic mass is 10.0. The van der Waals surface area contributed by atoms with Gasteiger partial charge < -0.3 is 15.6 Å². The predicted molar refractivity (Wildman–Crippen MR) is 60.9 cm³/mol. The number of rotatable bonds is 5. The van der Waals surface area contributed by atoms with E-state index in [1.165, 1.54) is 12.8 Å². The molecular formula is C11H18N4O. The Morgan fingerprint density at radius 1 is 1.69 bits per heavy atom. The molecule has 0 unspecified atom stereocenters. The maximum atomic E-state index is 11.7. The monoisotopic (exact) mass is 222 g/mol.